The molecule has 0 aromatic heterocycles. The van der Waals surface area contributed by atoms with Gasteiger partial charge in [0.05, 0.1) is 28.6 Å². The van der Waals surface area contributed by atoms with E-state index in [2.05, 4.69) is 4.74 Å². The van der Waals surface area contributed by atoms with E-state index in [1.807, 2.05) is 0 Å². The molecule has 1 fully saturated rings. The molecule has 0 unspecified atom stereocenters. The monoisotopic (exact) mass is 511 g/mol. The molecule has 0 bridgehead atoms. The van der Waals surface area contributed by atoms with Gasteiger partial charge in [-0.1, -0.05) is 23.2 Å². The summed E-state index contributed by atoms with van der Waals surface area (Å²) in [6, 6.07) is 2.41. The van der Waals surface area contributed by atoms with Crippen LogP contribution in [0.1, 0.15) is 29.6 Å². The maximum absolute atomic E-state index is 13.1. The molecule has 1 aromatic rings. The number of nitrogens with zero attached hydrogens (tertiary/aromatic N) is 1. The number of hydroxylamine groups is 2. The number of hydrogen-bond donors (Lipinski definition) is 1. The van der Waals surface area contributed by atoms with Crippen molar-refractivity contribution in [2.24, 2.45) is 0 Å². The number of rotatable bonds is 5. The minimum atomic E-state index is -3.27. The quantitative estimate of drug-likeness (QED) is 0.595. The number of hydrogen-bond acceptors (Lipinski definition) is 8. The standard InChI is InChI=1S/C19H17Cl2F2NO7S/c20-12-8-24(26)9-13(21)11(12)7-14(25)10-1-2-15(29-18(22)23)17-16(10)30-19(31-17)3-5-32(27,28)6-4-19/h1-2,8,18,26H,3-7,9H2. The van der Waals surface area contributed by atoms with Crippen LogP contribution in [0.2, 0.25) is 0 Å². The lowest BCUT2D eigenvalue weighted by atomic mass is 10.00. The van der Waals surface area contributed by atoms with Crippen molar-refractivity contribution in [3.05, 3.63) is 39.5 Å². The molecule has 0 radical (unpaired) electrons. The maximum atomic E-state index is 13.1. The molecule has 8 nitrogen and oxygen atoms in total. The molecule has 32 heavy (non-hydrogen) atoms. The number of ether oxygens (including phenoxy) is 3. The number of Topliss-reactive ketones (excluding diaryl/α,β-unsaturated/α-hetero) is 1. The van der Waals surface area contributed by atoms with Crippen LogP contribution in [0, 0.1) is 0 Å². The van der Waals surface area contributed by atoms with Gasteiger partial charge in [0.25, 0.3) is 5.79 Å². The molecule has 174 valence electrons. The van der Waals surface area contributed by atoms with Crippen molar-refractivity contribution < 1.29 is 41.4 Å². The second-order valence-corrected chi connectivity index (χ2v) is 10.6. The molecule has 0 atom stereocenters. The zero-order valence-corrected chi connectivity index (χ0v) is 18.6. The van der Waals surface area contributed by atoms with Crippen molar-refractivity contribution in [3.8, 4) is 17.2 Å². The van der Waals surface area contributed by atoms with E-state index in [-0.39, 0.29) is 70.2 Å². The average molecular weight is 512 g/mol. The number of benzene rings is 1. The number of ketones is 1. The largest absolute Gasteiger partial charge is 0.447 e. The normalized spacial score (nSPS) is 21.2. The van der Waals surface area contributed by atoms with Crippen molar-refractivity contribution in [1.82, 2.24) is 5.06 Å². The number of halogens is 4. The Balaban J connectivity index is 1.67. The minimum Gasteiger partial charge on any atom is -0.447 e. The third-order valence-electron chi connectivity index (χ3n) is 5.27. The van der Waals surface area contributed by atoms with Crippen LogP contribution < -0.4 is 14.2 Å². The first-order valence-corrected chi connectivity index (χ1v) is 12.0. The summed E-state index contributed by atoms with van der Waals surface area (Å²) >= 11 is 12.2. The highest BCUT2D eigenvalue weighted by Gasteiger charge is 2.48. The summed E-state index contributed by atoms with van der Waals surface area (Å²) in [7, 11) is -3.27. The fourth-order valence-electron chi connectivity index (χ4n) is 3.65. The van der Waals surface area contributed by atoms with Gasteiger partial charge in [-0.2, -0.15) is 8.78 Å². The van der Waals surface area contributed by atoms with Gasteiger partial charge in [-0.25, -0.2) is 8.42 Å². The first kappa shape index (κ1) is 23.1. The second-order valence-electron chi connectivity index (χ2n) is 7.47. The molecule has 1 spiro atoms. The van der Waals surface area contributed by atoms with Crippen LogP contribution in [-0.2, 0) is 9.84 Å². The minimum absolute atomic E-state index is 0.0137. The van der Waals surface area contributed by atoms with Crippen LogP contribution in [0.15, 0.2) is 34.0 Å². The van der Waals surface area contributed by atoms with E-state index in [4.69, 9.17) is 32.7 Å². The van der Waals surface area contributed by atoms with E-state index in [9.17, 15) is 27.2 Å². The lowest BCUT2D eigenvalue weighted by Crippen LogP contribution is -2.46. The van der Waals surface area contributed by atoms with Gasteiger partial charge in [-0.3, -0.25) is 15.1 Å². The van der Waals surface area contributed by atoms with E-state index < -0.39 is 28.0 Å². The summed E-state index contributed by atoms with van der Waals surface area (Å²) in [6.07, 6.45) is 0.874. The summed E-state index contributed by atoms with van der Waals surface area (Å²) in [5, 5.41) is 10.5. The molecule has 3 aliphatic rings. The Bertz CT molecular complexity index is 1120. The van der Waals surface area contributed by atoms with Crippen LogP contribution in [0.5, 0.6) is 17.2 Å². The molecule has 13 heteroatoms. The van der Waals surface area contributed by atoms with Gasteiger partial charge < -0.3 is 14.2 Å². The molecule has 3 heterocycles. The van der Waals surface area contributed by atoms with Gasteiger partial charge in [0.15, 0.2) is 27.1 Å². The Morgan fingerprint density at radius 3 is 2.50 bits per heavy atom. The maximum Gasteiger partial charge on any atom is 0.387 e. The average Bonchev–Trinajstić information content (AvgIpc) is 3.07. The topological polar surface area (TPSA) is 102 Å². The lowest BCUT2D eigenvalue weighted by molar-refractivity contribution is -0.0903. The van der Waals surface area contributed by atoms with Crippen LogP contribution >= 0.6 is 23.2 Å². The van der Waals surface area contributed by atoms with Gasteiger partial charge in [0, 0.05) is 30.5 Å². The molecular weight excluding hydrogens is 495 g/mol. The molecule has 1 N–H and O–H groups in total. The summed E-state index contributed by atoms with van der Waals surface area (Å²) in [6.45, 7) is -3.21. The third kappa shape index (κ3) is 4.52. The molecule has 1 aromatic carbocycles. The van der Waals surface area contributed by atoms with Gasteiger partial charge in [0.1, 0.15) is 0 Å². The van der Waals surface area contributed by atoms with E-state index in [1.165, 1.54) is 12.3 Å². The highest BCUT2D eigenvalue weighted by Crippen LogP contribution is 2.52. The molecule has 0 amide bonds. The summed E-state index contributed by atoms with van der Waals surface area (Å²) in [5.41, 5.74) is 0.308. The van der Waals surface area contributed by atoms with E-state index in [1.54, 1.807) is 0 Å². The fraction of sp³-hybridized carbons (Fsp3) is 0.421. The van der Waals surface area contributed by atoms with Gasteiger partial charge in [-0.15, -0.1) is 0 Å². The SMILES string of the molecule is O=C(CC1=C(Cl)CN(O)C=C1Cl)c1ccc(OC(F)F)c2c1OC1(CCS(=O)(=O)CC1)O2. The van der Waals surface area contributed by atoms with Gasteiger partial charge in [0.2, 0.25) is 5.75 Å². The van der Waals surface area contributed by atoms with Crippen LogP contribution in [0.3, 0.4) is 0 Å². The molecule has 0 aliphatic carbocycles. The number of carbonyl (C=O) groups is 1. The molecular formula is C19H17Cl2F2NO7S. The highest BCUT2D eigenvalue weighted by molar-refractivity contribution is 7.91. The Hall–Kier alpha value is -2.08. The van der Waals surface area contributed by atoms with Crippen LogP contribution in [0.25, 0.3) is 0 Å². The van der Waals surface area contributed by atoms with Crippen molar-refractivity contribution in [2.45, 2.75) is 31.7 Å². The zero-order chi connectivity index (χ0) is 23.3. The molecule has 3 aliphatic heterocycles. The summed E-state index contributed by atoms with van der Waals surface area (Å²) in [4.78, 5) is 13.1. The van der Waals surface area contributed by atoms with Crippen molar-refractivity contribution in [1.29, 1.82) is 0 Å². The Morgan fingerprint density at radius 2 is 1.88 bits per heavy atom. The number of sulfone groups is 1. The first-order chi connectivity index (χ1) is 15.0. The predicted molar refractivity (Wildman–Crippen MR) is 109 cm³/mol. The molecule has 4 rings (SSSR count). The second kappa shape index (κ2) is 8.36. The molecule has 0 saturated carbocycles. The van der Waals surface area contributed by atoms with Crippen LogP contribution in [0.4, 0.5) is 8.78 Å². The Labute approximate surface area is 191 Å². The first-order valence-electron chi connectivity index (χ1n) is 9.43. The fourth-order valence-corrected chi connectivity index (χ4v) is 5.74. The lowest BCUT2D eigenvalue weighted by Gasteiger charge is -2.31. The van der Waals surface area contributed by atoms with Crippen LogP contribution in [-0.4, -0.2) is 54.9 Å². The number of alkyl halides is 2. The van der Waals surface area contributed by atoms with Gasteiger partial charge >= 0.3 is 6.61 Å². The number of fused-ring (bicyclic) bond motifs is 1. The Kier molecular flexibility index (Phi) is 6.03. The van der Waals surface area contributed by atoms with E-state index in [0.29, 0.717) is 5.57 Å². The number of allylic oxidation sites excluding steroid dienone is 2. The number of carbonyl (C=O) groups excluding carboxylic acids is 1. The Morgan fingerprint density at radius 1 is 1.22 bits per heavy atom. The van der Waals surface area contributed by atoms with Gasteiger partial charge in [-0.05, 0) is 17.7 Å². The smallest absolute Gasteiger partial charge is 0.387 e. The van der Waals surface area contributed by atoms with Crippen molar-refractivity contribution >= 4 is 38.8 Å². The van der Waals surface area contributed by atoms with E-state index in [0.717, 1.165) is 11.1 Å². The highest BCUT2D eigenvalue weighted by atomic mass is 35.5. The van der Waals surface area contributed by atoms with E-state index >= 15 is 0 Å². The zero-order valence-electron chi connectivity index (χ0n) is 16.3. The third-order valence-corrected chi connectivity index (χ3v) is 7.60. The summed E-state index contributed by atoms with van der Waals surface area (Å²) < 4.78 is 65.6. The predicted octanol–water partition coefficient (Wildman–Crippen LogP) is 3.81. The van der Waals surface area contributed by atoms with Crippen molar-refractivity contribution in [3.63, 3.8) is 0 Å². The summed E-state index contributed by atoms with van der Waals surface area (Å²) in [5.74, 6) is -2.96. The molecule has 1 saturated heterocycles. The van der Waals surface area contributed by atoms with Crippen molar-refractivity contribution in [2.75, 3.05) is 18.1 Å².